The number of benzene rings is 1. The van der Waals surface area contributed by atoms with Crippen molar-refractivity contribution in [2.75, 3.05) is 31.6 Å². The molecule has 2 amide bonds. The lowest BCUT2D eigenvalue weighted by Crippen LogP contribution is -2.45. The molecule has 27 heavy (non-hydrogen) atoms. The summed E-state index contributed by atoms with van der Waals surface area (Å²) in [5.74, 6) is 2.37. The molecule has 1 atom stereocenters. The van der Waals surface area contributed by atoms with Gasteiger partial charge in [0.25, 0.3) is 5.89 Å². The van der Waals surface area contributed by atoms with Crippen molar-refractivity contribution in [3.8, 4) is 11.5 Å². The Kier molecular flexibility index (Phi) is 5.10. The molecule has 0 radical (unpaired) electrons. The van der Waals surface area contributed by atoms with Gasteiger partial charge in [0.1, 0.15) is 19.8 Å². The highest BCUT2D eigenvalue weighted by Gasteiger charge is 2.25. The lowest BCUT2D eigenvalue weighted by atomic mass is 10.1. The van der Waals surface area contributed by atoms with Crippen molar-refractivity contribution in [3.63, 3.8) is 0 Å². The van der Waals surface area contributed by atoms with E-state index in [1.54, 1.807) is 30.0 Å². The fraction of sp³-hybridized carbons (Fsp3) is 0.500. The molecule has 1 saturated heterocycles. The first-order valence-electron chi connectivity index (χ1n) is 9.04. The predicted molar refractivity (Wildman–Crippen MR) is 94.9 cm³/mol. The molecular formula is C18H22N4O5. The van der Waals surface area contributed by atoms with E-state index in [-0.39, 0.29) is 18.7 Å². The second-order valence-electron chi connectivity index (χ2n) is 6.55. The number of aromatic nitrogens is 2. The highest BCUT2D eigenvalue weighted by molar-refractivity contribution is 5.89. The van der Waals surface area contributed by atoms with E-state index in [9.17, 15) is 4.79 Å². The Morgan fingerprint density at radius 1 is 1.33 bits per heavy atom. The molecule has 1 aromatic carbocycles. The molecule has 1 fully saturated rings. The first-order valence-corrected chi connectivity index (χ1v) is 9.04. The van der Waals surface area contributed by atoms with Crippen LogP contribution in [-0.4, -0.2) is 53.5 Å². The molecule has 144 valence electrons. The minimum atomic E-state index is -0.159. The molecule has 2 aliphatic heterocycles. The minimum absolute atomic E-state index is 0.0584. The maximum atomic E-state index is 12.6. The van der Waals surface area contributed by atoms with E-state index in [0.29, 0.717) is 55.2 Å². The summed E-state index contributed by atoms with van der Waals surface area (Å²) in [6.07, 6.45) is 1.71. The number of piperidine rings is 1. The van der Waals surface area contributed by atoms with Gasteiger partial charge in [0.05, 0.1) is 6.10 Å². The summed E-state index contributed by atoms with van der Waals surface area (Å²) < 4.78 is 21.9. The zero-order valence-electron chi connectivity index (χ0n) is 15.1. The second-order valence-corrected chi connectivity index (χ2v) is 6.55. The van der Waals surface area contributed by atoms with Crippen LogP contribution >= 0.6 is 0 Å². The first kappa shape index (κ1) is 17.6. The van der Waals surface area contributed by atoms with Gasteiger partial charge in [-0.15, -0.1) is 0 Å². The van der Waals surface area contributed by atoms with E-state index in [1.807, 2.05) is 0 Å². The number of nitrogens with one attached hydrogen (secondary N) is 1. The number of ether oxygens (including phenoxy) is 3. The van der Waals surface area contributed by atoms with Gasteiger partial charge >= 0.3 is 6.03 Å². The van der Waals surface area contributed by atoms with Crippen LogP contribution in [0.15, 0.2) is 22.7 Å². The van der Waals surface area contributed by atoms with Crippen LogP contribution in [0.4, 0.5) is 10.5 Å². The predicted octanol–water partition coefficient (Wildman–Crippen LogP) is 2.36. The van der Waals surface area contributed by atoms with Crippen molar-refractivity contribution >= 4 is 11.7 Å². The van der Waals surface area contributed by atoms with Crippen molar-refractivity contribution in [2.24, 2.45) is 0 Å². The van der Waals surface area contributed by atoms with Gasteiger partial charge < -0.3 is 29.0 Å². The zero-order chi connectivity index (χ0) is 18.6. The fourth-order valence-electron chi connectivity index (χ4n) is 3.17. The standard InChI is InChI=1S/C18H22N4O5/c1-12-19-17(27-21-12)11-26-14-3-2-6-22(10-14)18(23)20-13-4-5-15-16(9-13)25-8-7-24-15/h4-5,9,14H,2-3,6-8,10-11H2,1H3,(H,20,23). The number of carbonyl (C=O) groups excluding carboxylic acids is 1. The average molecular weight is 374 g/mol. The van der Waals surface area contributed by atoms with Crippen LogP contribution in [0.3, 0.4) is 0 Å². The average Bonchev–Trinajstić information content (AvgIpc) is 3.12. The third-order valence-electron chi connectivity index (χ3n) is 4.47. The van der Waals surface area contributed by atoms with E-state index in [2.05, 4.69) is 15.5 Å². The van der Waals surface area contributed by atoms with Gasteiger partial charge in [0, 0.05) is 24.8 Å². The molecule has 1 N–H and O–H groups in total. The van der Waals surface area contributed by atoms with Crippen LogP contribution in [0.5, 0.6) is 11.5 Å². The van der Waals surface area contributed by atoms with Crippen LogP contribution in [0.2, 0.25) is 0 Å². The van der Waals surface area contributed by atoms with E-state index in [1.165, 1.54) is 0 Å². The third kappa shape index (κ3) is 4.30. The minimum Gasteiger partial charge on any atom is -0.486 e. The highest BCUT2D eigenvalue weighted by Crippen LogP contribution is 2.32. The number of hydrogen-bond donors (Lipinski definition) is 1. The van der Waals surface area contributed by atoms with E-state index < -0.39 is 0 Å². The number of carbonyl (C=O) groups is 1. The number of anilines is 1. The normalized spacial score (nSPS) is 19.0. The van der Waals surface area contributed by atoms with Gasteiger partial charge in [-0.05, 0) is 31.9 Å². The summed E-state index contributed by atoms with van der Waals surface area (Å²) in [5, 5.41) is 6.66. The largest absolute Gasteiger partial charge is 0.486 e. The summed E-state index contributed by atoms with van der Waals surface area (Å²) in [4.78, 5) is 18.5. The molecule has 1 aromatic heterocycles. The molecule has 0 aliphatic carbocycles. The molecule has 0 saturated carbocycles. The molecule has 0 spiro atoms. The van der Waals surface area contributed by atoms with Gasteiger partial charge in [-0.1, -0.05) is 5.16 Å². The van der Waals surface area contributed by atoms with Crippen LogP contribution in [0.25, 0.3) is 0 Å². The van der Waals surface area contributed by atoms with Crippen LogP contribution < -0.4 is 14.8 Å². The van der Waals surface area contributed by atoms with E-state index in [4.69, 9.17) is 18.7 Å². The van der Waals surface area contributed by atoms with E-state index in [0.717, 1.165) is 12.8 Å². The Morgan fingerprint density at radius 3 is 3.00 bits per heavy atom. The zero-order valence-corrected chi connectivity index (χ0v) is 15.1. The lowest BCUT2D eigenvalue weighted by Gasteiger charge is -2.32. The van der Waals surface area contributed by atoms with Crippen molar-refractivity contribution < 1.29 is 23.5 Å². The SMILES string of the molecule is Cc1noc(COC2CCCN(C(=O)Nc3ccc4c(c3)OCCO4)C2)n1. The topological polar surface area (TPSA) is 99.0 Å². The molecule has 0 bridgehead atoms. The third-order valence-corrected chi connectivity index (χ3v) is 4.47. The summed E-state index contributed by atoms with van der Waals surface area (Å²) >= 11 is 0. The van der Waals surface area contributed by atoms with Crippen LogP contribution in [0, 0.1) is 6.92 Å². The van der Waals surface area contributed by atoms with Crippen LogP contribution in [0.1, 0.15) is 24.6 Å². The van der Waals surface area contributed by atoms with Crippen molar-refractivity contribution in [3.05, 3.63) is 29.9 Å². The highest BCUT2D eigenvalue weighted by atomic mass is 16.6. The molecule has 3 heterocycles. The van der Waals surface area contributed by atoms with Gasteiger partial charge in [-0.25, -0.2) is 4.79 Å². The van der Waals surface area contributed by atoms with Crippen molar-refractivity contribution in [1.29, 1.82) is 0 Å². The lowest BCUT2D eigenvalue weighted by molar-refractivity contribution is -0.00916. The maximum absolute atomic E-state index is 12.6. The second kappa shape index (κ2) is 7.83. The number of amides is 2. The molecule has 4 rings (SSSR count). The first-order chi connectivity index (χ1) is 13.2. The summed E-state index contributed by atoms with van der Waals surface area (Å²) in [6.45, 7) is 4.27. The Bertz CT molecular complexity index is 809. The molecular weight excluding hydrogens is 352 g/mol. The number of hydrogen-bond acceptors (Lipinski definition) is 7. The quantitative estimate of drug-likeness (QED) is 0.877. The monoisotopic (exact) mass is 374 g/mol. The number of rotatable bonds is 4. The molecule has 9 heteroatoms. The fourth-order valence-corrected chi connectivity index (χ4v) is 3.17. The van der Waals surface area contributed by atoms with Gasteiger partial charge in [0.15, 0.2) is 17.3 Å². The van der Waals surface area contributed by atoms with Gasteiger partial charge in [-0.3, -0.25) is 0 Å². The summed E-state index contributed by atoms with van der Waals surface area (Å²) in [7, 11) is 0. The Labute approximate surface area is 156 Å². The van der Waals surface area contributed by atoms with Crippen LogP contribution in [-0.2, 0) is 11.3 Å². The van der Waals surface area contributed by atoms with Gasteiger partial charge in [0.2, 0.25) is 0 Å². The van der Waals surface area contributed by atoms with Gasteiger partial charge in [-0.2, -0.15) is 4.98 Å². The molecule has 1 unspecified atom stereocenters. The van der Waals surface area contributed by atoms with Crippen molar-refractivity contribution in [1.82, 2.24) is 15.0 Å². The Balaban J connectivity index is 1.31. The number of likely N-dealkylation sites (tertiary alicyclic amines) is 1. The number of nitrogens with zero attached hydrogens (tertiary/aromatic N) is 3. The maximum Gasteiger partial charge on any atom is 0.321 e. The Hall–Kier alpha value is -2.81. The number of fused-ring (bicyclic) bond motifs is 1. The summed E-state index contributed by atoms with van der Waals surface area (Å²) in [5.41, 5.74) is 0.675. The van der Waals surface area contributed by atoms with Crippen molar-refractivity contribution in [2.45, 2.75) is 32.5 Å². The molecule has 2 aromatic rings. The number of aryl methyl sites for hydroxylation is 1. The van der Waals surface area contributed by atoms with E-state index >= 15 is 0 Å². The molecule has 9 nitrogen and oxygen atoms in total. The Morgan fingerprint density at radius 2 is 2.19 bits per heavy atom. The summed E-state index contributed by atoms with van der Waals surface area (Å²) in [6, 6.07) is 5.23. The number of urea groups is 1. The smallest absolute Gasteiger partial charge is 0.321 e. The molecule has 2 aliphatic rings.